The second kappa shape index (κ2) is 6.83. The molecule has 1 aromatic carbocycles. The molecule has 0 bridgehead atoms. The van der Waals surface area contributed by atoms with Gasteiger partial charge in [0.1, 0.15) is 6.04 Å². The Morgan fingerprint density at radius 2 is 2.04 bits per heavy atom. The Morgan fingerprint density at radius 1 is 1.30 bits per heavy atom. The number of aromatic amines is 1. The van der Waals surface area contributed by atoms with Crippen LogP contribution >= 0.6 is 0 Å². The van der Waals surface area contributed by atoms with Crippen molar-refractivity contribution >= 4 is 22.7 Å². The van der Waals surface area contributed by atoms with E-state index in [0.717, 1.165) is 16.5 Å². The van der Waals surface area contributed by atoms with E-state index >= 15 is 0 Å². The van der Waals surface area contributed by atoms with Gasteiger partial charge in [0.2, 0.25) is 11.8 Å². The molecule has 1 aliphatic heterocycles. The summed E-state index contributed by atoms with van der Waals surface area (Å²) < 4.78 is 5.29. The molecular weight excluding hydrogens is 294 g/mol. The van der Waals surface area contributed by atoms with Crippen LogP contribution in [0, 0.1) is 0 Å². The van der Waals surface area contributed by atoms with Gasteiger partial charge in [-0.15, -0.1) is 0 Å². The molecule has 1 saturated heterocycles. The summed E-state index contributed by atoms with van der Waals surface area (Å²) in [6.45, 7) is 3.68. The molecule has 2 amide bonds. The van der Waals surface area contributed by atoms with Crippen LogP contribution in [0.15, 0.2) is 30.5 Å². The summed E-state index contributed by atoms with van der Waals surface area (Å²) in [4.78, 5) is 29.2. The highest BCUT2D eigenvalue weighted by Gasteiger charge is 2.27. The van der Waals surface area contributed by atoms with E-state index in [4.69, 9.17) is 4.74 Å². The predicted molar refractivity (Wildman–Crippen MR) is 87.0 cm³/mol. The lowest BCUT2D eigenvalue weighted by molar-refractivity contribution is -0.139. The lowest BCUT2D eigenvalue weighted by Crippen LogP contribution is -2.52. The van der Waals surface area contributed by atoms with Crippen LogP contribution in [0.1, 0.15) is 12.5 Å². The number of nitrogens with one attached hydrogen (secondary N) is 2. The normalized spacial score (nSPS) is 16.3. The zero-order chi connectivity index (χ0) is 16.2. The van der Waals surface area contributed by atoms with E-state index in [1.54, 1.807) is 4.90 Å². The fraction of sp³-hybridized carbons (Fsp3) is 0.412. The number of hydrogen-bond acceptors (Lipinski definition) is 3. The van der Waals surface area contributed by atoms with Gasteiger partial charge in [-0.2, -0.15) is 0 Å². The van der Waals surface area contributed by atoms with E-state index in [0.29, 0.717) is 32.7 Å². The molecule has 6 heteroatoms. The molecule has 1 fully saturated rings. The second-order valence-electron chi connectivity index (χ2n) is 5.75. The molecule has 3 rings (SSSR count). The monoisotopic (exact) mass is 315 g/mol. The molecule has 122 valence electrons. The minimum Gasteiger partial charge on any atom is -0.378 e. The minimum absolute atomic E-state index is 0.0474. The third-order valence-electron chi connectivity index (χ3n) is 4.10. The number of morpholine rings is 1. The van der Waals surface area contributed by atoms with Crippen molar-refractivity contribution in [3.05, 3.63) is 36.0 Å². The molecule has 0 saturated carbocycles. The average Bonchev–Trinajstić information content (AvgIpc) is 2.97. The number of carbonyl (C=O) groups excluding carboxylic acids is 2. The van der Waals surface area contributed by atoms with E-state index in [1.807, 2.05) is 30.5 Å². The number of amides is 2. The van der Waals surface area contributed by atoms with Crippen molar-refractivity contribution in [1.82, 2.24) is 15.2 Å². The Balaban J connectivity index is 1.81. The van der Waals surface area contributed by atoms with Gasteiger partial charge in [0.05, 0.1) is 13.2 Å². The first-order valence-electron chi connectivity index (χ1n) is 7.84. The van der Waals surface area contributed by atoms with Gasteiger partial charge in [0, 0.05) is 43.5 Å². The number of ether oxygens (including phenoxy) is 1. The van der Waals surface area contributed by atoms with Gasteiger partial charge in [-0.3, -0.25) is 9.59 Å². The number of H-pyrrole nitrogens is 1. The highest BCUT2D eigenvalue weighted by Crippen LogP contribution is 2.19. The fourth-order valence-corrected chi connectivity index (χ4v) is 2.97. The SMILES string of the molecule is CC(=O)NC(Cc1c[nH]c2ccccc12)C(=O)N1CCOCC1. The molecule has 2 N–H and O–H groups in total. The lowest BCUT2D eigenvalue weighted by Gasteiger charge is -2.30. The van der Waals surface area contributed by atoms with E-state index < -0.39 is 6.04 Å². The smallest absolute Gasteiger partial charge is 0.245 e. The molecule has 1 atom stereocenters. The summed E-state index contributed by atoms with van der Waals surface area (Å²) in [6.07, 6.45) is 2.38. The summed E-state index contributed by atoms with van der Waals surface area (Å²) in [7, 11) is 0. The number of fused-ring (bicyclic) bond motifs is 1. The van der Waals surface area contributed by atoms with Gasteiger partial charge in [-0.25, -0.2) is 0 Å². The highest BCUT2D eigenvalue weighted by molar-refractivity contribution is 5.89. The standard InChI is InChI=1S/C17H21N3O3/c1-12(21)19-16(17(22)20-6-8-23-9-7-20)10-13-11-18-15-5-3-2-4-14(13)15/h2-5,11,16,18H,6-10H2,1H3,(H,19,21). The fourth-order valence-electron chi connectivity index (χ4n) is 2.97. The number of para-hydroxylation sites is 1. The minimum atomic E-state index is -0.551. The van der Waals surface area contributed by atoms with E-state index in [1.165, 1.54) is 6.92 Å². The first-order chi connectivity index (χ1) is 11.1. The first-order valence-corrected chi connectivity index (χ1v) is 7.84. The molecule has 0 spiro atoms. The van der Waals surface area contributed by atoms with Crippen LogP contribution in [0.5, 0.6) is 0 Å². The summed E-state index contributed by atoms with van der Waals surface area (Å²) in [5, 5.41) is 3.88. The van der Waals surface area contributed by atoms with Gasteiger partial charge in [-0.1, -0.05) is 18.2 Å². The number of nitrogens with zero attached hydrogens (tertiary/aromatic N) is 1. The Kier molecular flexibility index (Phi) is 4.62. The van der Waals surface area contributed by atoms with E-state index in [9.17, 15) is 9.59 Å². The van der Waals surface area contributed by atoms with Crippen molar-refractivity contribution in [3.63, 3.8) is 0 Å². The molecule has 23 heavy (non-hydrogen) atoms. The topological polar surface area (TPSA) is 74.4 Å². The average molecular weight is 315 g/mol. The van der Waals surface area contributed by atoms with Crippen LogP contribution in [0.4, 0.5) is 0 Å². The lowest BCUT2D eigenvalue weighted by atomic mass is 10.0. The van der Waals surface area contributed by atoms with Crippen LogP contribution in [-0.4, -0.2) is 54.0 Å². The molecule has 0 aliphatic carbocycles. The molecule has 6 nitrogen and oxygen atoms in total. The predicted octanol–water partition coefficient (Wildman–Crippen LogP) is 1.07. The highest BCUT2D eigenvalue weighted by atomic mass is 16.5. The molecule has 1 aliphatic rings. The maximum atomic E-state index is 12.7. The Bertz CT molecular complexity index is 704. The number of carbonyl (C=O) groups is 2. The summed E-state index contributed by atoms with van der Waals surface area (Å²) in [5.74, 6) is -0.245. The molecule has 0 radical (unpaired) electrons. The van der Waals surface area contributed by atoms with Gasteiger partial charge in [0.25, 0.3) is 0 Å². The Hall–Kier alpha value is -2.34. The van der Waals surface area contributed by atoms with Crippen molar-refractivity contribution in [1.29, 1.82) is 0 Å². The summed E-state index contributed by atoms with van der Waals surface area (Å²) in [5.41, 5.74) is 2.06. The molecule has 1 unspecified atom stereocenters. The van der Waals surface area contributed by atoms with Crippen LogP contribution < -0.4 is 5.32 Å². The second-order valence-corrected chi connectivity index (χ2v) is 5.75. The van der Waals surface area contributed by atoms with E-state index in [-0.39, 0.29) is 11.8 Å². The van der Waals surface area contributed by atoms with Gasteiger partial charge in [0.15, 0.2) is 0 Å². The molecule has 2 heterocycles. The van der Waals surface area contributed by atoms with Crippen molar-refractivity contribution in [2.24, 2.45) is 0 Å². The number of benzene rings is 1. The van der Waals surface area contributed by atoms with Crippen LogP contribution in [-0.2, 0) is 20.7 Å². The number of rotatable bonds is 4. The van der Waals surface area contributed by atoms with Crippen LogP contribution in [0.3, 0.4) is 0 Å². The van der Waals surface area contributed by atoms with E-state index in [2.05, 4.69) is 10.3 Å². The maximum Gasteiger partial charge on any atom is 0.245 e. The maximum absolute atomic E-state index is 12.7. The zero-order valence-electron chi connectivity index (χ0n) is 13.2. The third-order valence-corrected chi connectivity index (χ3v) is 4.10. The van der Waals surface area contributed by atoms with Crippen LogP contribution in [0.25, 0.3) is 10.9 Å². The molecule has 2 aromatic rings. The zero-order valence-corrected chi connectivity index (χ0v) is 13.2. The van der Waals surface area contributed by atoms with Crippen molar-refractivity contribution in [2.75, 3.05) is 26.3 Å². The van der Waals surface area contributed by atoms with Gasteiger partial charge < -0.3 is 19.9 Å². The molecular formula is C17H21N3O3. The van der Waals surface area contributed by atoms with Crippen LogP contribution in [0.2, 0.25) is 0 Å². The Morgan fingerprint density at radius 3 is 2.78 bits per heavy atom. The third kappa shape index (κ3) is 3.53. The largest absolute Gasteiger partial charge is 0.378 e. The number of aromatic nitrogens is 1. The van der Waals surface area contributed by atoms with Crippen molar-refractivity contribution in [2.45, 2.75) is 19.4 Å². The van der Waals surface area contributed by atoms with Gasteiger partial charge in [-0.05, 0) is 11.6 Å². The first kappa shape index (κ1) is 15.6. The summed E-state index contributed by atoms with van der Waals surface area (Å²) in [6, 6.07) is 7.40. The van der Waals surface area contributed by atoms with Crippen molar-refractivity contribution in [3.8, 4) is 0 Å². The Labute approximate surface area is 134 Å². The summed E-state index contributed by atoms with van der Waals surface area (Å²) >= 11 is 0. The van der Waals surface area contributed by atoms with Gasteiger partial charge >= 0.3 is 0 Å². The quantitative estimate of drug-likeness (QED) is 0.886. The number of hydrogen-bond donors (Lipinski definition) is 2. The molecule has 1 aromatic heterocycles. The van der Waals surface area contributed by atoms with Crippen molar-refractivity contribution < 1.29 is 14.3 Å².